The van der Waals surface area contributed by atoms with E-state index in [2.05, 4.69) is 32.0 Å². The second-order valence-corrected chi connectivity index (χ2v) is 9.37. The number of para-hydroxylation sites is 2. The summed E-state index contributed by atoms with van der Waals surface area (Å²) in [5.74, 6) is 1.04. The van der Waals surface area contributed by atoms with Crippen molar-refractivity contribution < 1.29 is 24.6 Å². The average molecular weight is 484 g/mol. The topological polar surface area (TPSA) is 79.2 Å². The third-order valence-electron chi connectivity index (χ3n) is 6.40. The fourth-order valence-corrected chi connectivity index (χ4v) is 4.28. The van der Waals surface area contributed by atoms with Crippen LogP contribution >= 0.6 is 0 Å². The number of phenols is 1. The second kappa shape index (κ2) is 17.4. The third-order valence-corrected chi connectivity index (χ3v) is 6.40. The Morgan fingerprint density at radius 1 is 0.829 bits per heavy atom. The molecule has 1 fully saturated rings. The lowest BCUT2D eigenvalue weighted by Crippen LogP contribution is -2.30. The first-order valence-corrected chi connectivity index (χ1v) is 13.6. The molecule has 3 N–H and O–H groups in total. The van der Waals surface area contributed by atoms with Crippen molar-refractivity contribution in [2.75, 3.05) is 6.61 Å². The van der Waals surface area contributed by atoms with Crippen LogP contribution < -0.4 is 10.2 Å². The minimum absolute atomic E-state index is 0.0222. The van der Waals surface area contributed by atoms with E-state index in [9.17, 15) is 5.11 Å². The molecule has 194 valence electrons. The van der Waals surface area contributed by atoms with Gasteiger partial charge in [-0.2, -0.15) is 0 Å². The van der Waals surface area contributed by atoms with Gasteiger partial charge in [-0.1, -0.05) is 88.8 Å². The van der Waals surface area contributed by atoms with Gasteiger partial charge in [-0.3, -0.25) is 0 Å². The average Bonchev–Trinajstić information content (AvgIpc) is 2.87. The fourth-order valence-electron chi connectivity index (χ4n) is 4.28. The van der Waals surface area contributed by atoms with Crippen molar-refractivity contribution in [3.63, 3.8) is 0 Å². The van der Waals surface area contributed by atoms with Gasteiger partial charge in [0.25, 0.3) is 0 Å². The van der Waals surface area contributed by atoms with Crippen molar-refractivity contribution in [2.45, 2.75) is 104 Å². The molecule has 3 rings (SSSR count). The van der Waals surface area contributed by atoms with E-state index in [1.807, 2.05) is 12.1 Å². The molecule has 1 atom stereocenters. The highest BCUT2D eigenvalue weighted by Crippen LogP contribution is 2.25. The Morgan fingerprint density at radius 2 is 1.49 bits per heavy atom. The Labute approximate surface area is 212 Å². The van der Waals surface area contributed by atoms with Gasteiger partial charge in [0, 0.05) is 11.9 Å². The smallest absolute Gasteiger partial charge is 0.492 e. The molecule has 0 amide bonds. The van der Waals surface area contributed by atoms with E-state index in [0.29, 0.717) is 0 Å². The van der Waals surface area contributed by atoms with Gasteiger partial charge in [0.2, 0.25) is 0 Å². The Bertz CT molecular complexity index is 820. The quantitative estimate of drug-likeness (QED) is 0.243. The summed E-state index contributed by atoms with van der Waals surface area (Å²) >= 11 is 0. The summed E-state index contributed by atoms with van der Waals surface area (Å²) in [7, 11) is -1.60. The molecule has 0 spiro atoms. The molecular weight excluding hydrogens is 439 g/mol. The molecule has 1 heterocycles. The van der Waals surface area contributed by atoms with Crippen molar-refractivity contribution in [2.24, 2.45) is 0 Å². The van der Waals surface area contributed by atoms with Gasteiger partial charge < -0.3 is 24.6 Å². The minimum Gasteiger partial charge on any atom is -0.508 e. The van der Waals surface area contributed by atoms with Crippen molar-refractivity contribution in [1.29, 1.82) is 0 Å². The number of benzene rings is 2. The lowest BCUT2D eigenvalue weighted by molar-refractivity contribution is -0.106. The van der Waals surface area contributed by atoms with Crippen molar-refractivity contribution >= 4 is 12.6 Å². The lowest BCUT2D eigenvalue weighted by atomic mass is 9.78. The lowest BCUT2D eigenvalue weighted by Gasteiger charge is -2.24. The molecule has 6 heteroatoms. The van der Waals surface area contributed by atoms with Crippen LogP contribution in [0.1, 0.15) is 95.6 Å². The van der Waals surface area contributed by atoms with Crippen LogP contribution in [0.4, 0.5) is 0 Å². The fraction of sp³-hybridized carbons (Fsp3) is 0.586. The maximum Gasteiger partial charge on any atom is 0.492 e. The molecule has 1 aliphatic rings. The first-order valence-electron chi connectivity index (χ1n) is 13.6. The first-order chi connectivity index (χ1) is 17.1. The van der Waals surface area contributed by atoms with E-state index in [4.69, 9.17) is 19.5 Å². The van der Waals surface area contributed by atoms with Crippen LogP contribution in [0.25, 0.3) is 0 Å². The second-order valence-electron chi connectivity index (χ2n) is 9.37. The van der Waals surface area contributed by atoms with Crippen LogP contribution in [-0.2, 0) is 17.6 Å². The van der Waals surface area contributed by atoms with E-state index in [-0.39, 0.29) is 17.5 Å². The highest BCUT2D eigenvalue weighted by atomic mass is 16.7. The van der Waals surface area contributed by atoms with Crippen molar-refractivity contribution in [3.05, 3.63) is 53.6 Å². The summed E-state index contributed by atoms with van der Waals surface area (Å²) in [6, 6.07) is 13.5. The number of aryl methyl sites for hydroxylation is 2. The first kappa shape index (κ1) is 29.2. The van der Waals surface area contributed by atoms with E-state index in [1.165, 1.54) is 63.0 Å². The predicted octanol–water partition coefficient (Wildman–Crippen LogP) is 5.91. The molecule has 2 aromatic rings. The minimum atomic E-state index is -1.60. The van der Waals surface area contributed by atoms with Crippen LogP contribution in [0.3, 0.4) is 0 Å². The molecule has 2 aromatic carbocycles. The highest BCUT2D eigenvalue weighted by molar-refractivity contribution is 6.59. The number of unbranched alkanes of at least 4 members (excludes halogenated alkanes) is 6. The Hall–Kier alpha value is -2.02. The molecule has 1 aliphatic heterocycles. The van der Waals surface area contributed by atoms with Gasteiger partial charge >= 0.3 is 7.12 Å². The number of phenolic OH excluding ortho intramolecular Hbond substituents is 1. The largest absolute Gasteiger partial charge is 0.508 e. The molecule has 35 heavy (non-hydrogen) atoms. The van der Waals surface area contributed by atoms with Gasteiger partial charge in [-0.15, -0.1) is 0 Å². The normalized spacial score (nSPS) is 15.3. The number of hydrogen-bond acceptors (Lipinski definition) is 5. The van der Waals surface area contributed by atoms with E-state index < -0.39 is 7.12 Å². The van der Waals surface area contributed by atoms with E-state index >= 15 is 0 Å². The molecule has 0 aliphatic carbocycles. The summed E-state index contributed by atoms with van der Waals surface area (Å²) in [5, 5.41) is 27.9. The highest BCUT2D eigenvalue weighted by Gasteiger charge is 2.18. The summed E-state index contributed by atoms with van der Waals surface area (Å²) in [4.78, 5) is 0. The molecule has 0 bridgehead atoms. The SMILES string of the molecule is CCCCCCc1cccc(B(O)O)c1O.CCCCCCc1ccccc1OC1CCCCO1. The van der Waals surface area contributed by atoms with E-state index in [0.717, 1.165) is 50.0 Å². The van der Waals surface area contributed by atoms with Crippen LogP contribution in [0, 0.1) is 0 Å². The zero-order chi connectivity index (χ0) is 25.3. The van der Waals surface area contributed by atoms with Crippen molar-refractivity contribution in [1.82, 2.24) is 0 Å². The van der Waals surface area contributed by atoms with Gasteiger partial charge in [-0.25, -0.2) is 0 Å². The summed E-state index contributed by atoms with van der Waals surface area (Å²) in [6.07, 6.45) is 15.0. The number of aromatic hydroxyl groups is 1. The van der Waals surface area contributed by atoms with Gasteiger partial charge in [0.15, 0.2) is 6.29 Å². The van der Waals surface area contributed by atoms with Crippen LogP contribution in [0.5, 0.6) is 11.5 Å². The number of ether oxygens (including phenoxy) is 2. The molecule has 5 nitrogen and oxygen atoms in total. The number of hydrogen-bond donors (Lipinski definition) is 3. The van der Waals surface area contributed by atoms with Crippen LogP contribution in [0.15, 0.2) is 42.5 Å². The Morgan fingerprint density at radius 3 is 2.11 bits per heavy atom. The van der Waals surface area contributed by atoms with Gasteiger partial charge in [0.1, 0.15) is 11.5 Å². The Balaban J connectivity index is 0.000000251. The third kappa shape index (κ3) is 11.1. The molecule has 1 unspecified atom stereocenters. The summed E-state index contributed by atoms with van der Waals surface area (Å²) in [5.41, 5.74) is 2.31. The van der Waals surface area contributed by atoms with Gasteiger partial charge in [-0.05, 0) is 55.7 Å². The zero-order valence-corrected chi connectivity index (χ0v) is 21.8. The molecule has 0 aromatic heterocycles. The predicted molar refractivity (Wildman–Crippen MR) is 144 cm³/mol. The van der Waals surface area contributed by atoms with Crippen molar-refractivity contribution in [3.8, 4) is 11.5 Å². The van der Waals surface area contributed by atoms with Gasteiger partial charge in [0.05, 0.1) is 6.61 Å². The summed E-state index contributed by atoms with van der Waals surface area (Å²) < 4.78 is 11.7. The zero-order valence-electron chi connectivity index (χ0n) is 21.8. The van der Waals surface area contributed by atoms with Crippen LogP contribution in [-0.4, -0.2) is 35.2 Å². The molecule has 0 saturated carbocycles. The Kier molecular flexibility index (Phi) is 14.5. The summed E-state index contributed by atoms with van der Waals surface area (Å²) in [6.45, 7) is 5.24. The standard InChI is InChI=1S/C17H26O2.C12H19BO3/c1-2-3-4-5-10-15-11-6-7-12-16(15)19-17-13-8-9-14-18-17;1-2-3-4-5-7-10-8-6-9-11(12(10)14)13(15)16/h6-7,11-12,17H,2-5,8-10,13-14H2,1H3;6,8-9,14-16H,2-5,7H2,1H3. The van der Waals surface area contributed by atoms with E-state index in [1.54, 1.807) is 6.07 Å². The maximum atomic E-state index is 9.80. The molecular formula is C29H45BO5. The van der Waals surface area contributed by atoms with Crippen LogP contribution in [0.2, 0.25) is 0 Å². The molecule has 1 saturated heterocycles. The monoisotopic (exact) mass is 484 g/mol. The number of rotatable bonds is 13. The molecule has 0 radical (unpaired) electrons. The maximum absolute atomic E-state index is 9.80.